The summed E-state index contributed by atoms with van der Waals surface area (Å²) < 4.78 is 12.1. The topological polar surface area (TPSA) is 58.3 Å². The second kappa shape index (κ2) is 15.7. The summed E-state index contributed by atoms with van der Waals surface area (Å²) in [4.78, 5) is 17.0. The van der Waals surface area contributed by atoms with Crippen molar-refractivity contribution < 1.29 is 9.15 Å². The predicted molar refractivity (Wildman–Crippen MR) is 262 cm³/mol. The number of benzene rings is 10. The largest absolute Gasteiger partial charge is 0.497 e. The molecule has 0 amide bonds. The van der Waals surface area contributed by atoms with Crippen LogP contribution in [0.3, 0.4) is 0 Å². The highest BCUT2D eigenvalue weighted by atomic mass is 16.5. The third-order valence-electron chi connectivity index (χ3n) is 12.2. The number of fused-ring (bicyclic) bond motifs is 6. The minimum atomic E-state index is 0.387. The Morgan fingerprint density at radius 3 is 1.67 bits per heavy atom. The summed E-state index contributed by atoms with van der Waals surface area (Å²) in [6, 6.07) is 69.5. The molecule has 63 heavy (non-hydrogen) atoms. The summed E-state index contributed by atoms with van der Waals surface area (Å²) in [6.45, 7) is 2.18. The van der Waals surface area contributed by atoms with Crippen LogP contribution in [0.4, 0.5) is 39.8 Å². The lowest BCUT2D eigenvalue weighted by molar-refractivity contribution is 0.415. The number of anilines is 6. The number of nitrogens with zero attached hydrogens (tertiary/aromatic N) is 3. The summed E-state index contributed by atoms with van der Waals surface area (Å²) in [5, 5.41) is 12.0. The highest BCUT2D eigenvalue weighted by Gasteiger charge is 2.19. The van der Waals surface area contributed by atoms with Gasteiger partial charge in [0.2, 0.25) is 0 Å². The highest BCUT2D eigenvalue weighted by molar-refractivity contribution is 6.12. The Hall–Kier alpha value is -8.22. The Bertz CT molecular complexity index is 3510. The van der Waals surface area contributed by atoms with E-state index in [0.717, 1.165) is 101 Å². The maximum absolute atomic E-state index is 12.5. The van der Waals surface area contributed by atoms with E-state index in [1.54, 1.807) is 7.11 Å². The Morgan fingerprint density at radius 1 is 0.460 bits per heavy atom. The van der Waals surface area contributed by atoms with Crippen molar-refractivity contribution in [3.63, 3.8) is 0 Å². The van der Waals surface area contributed by atoms with E-state index < -0.39 is 0 Å². The number of nitroso groups, excluding NO2 is 1. The van der Waals surface area contributed by atoms with Crippen molar-refractivity contribution in [3.05, 3.63) is 211 Å². The lowest BCUT2D eigenvalue weighted by atomic mass is 9.97. The molecule has 11 rings (SSSR count). The molecular weight excluding hydrogens is 775 g/mol. The molecule has 0 atom stereocenters. The summed E-state index contributed by atoms with van der Waals surface area (Å²) in [5.41, 5.74) is 11.1. The molecule has 0 aliphatic rings. The van der Waals surface area contributed by atoms with E-state index in [4.69, 9.17) is 9.15 Å². The van der Waals surface area contributed by atoms with E-state index in [0.29, 0.717) is 5.69 Å². The van der Waals surface area contributed by atoms with Gasteiger partial charge in [0, 0.05) is 56.5 Å². The zero-order chi connectivity index (χ0) is 42.4. The maximum Gasteiger partial charge on any atom is 0.137 e. The summed E-state index contributed by atoms with van der Waals surface area (Å²) in [6.07, 6.45) is 1.00. The van der Waals surface area contributed by atoms with E-state index in [1.165, 1.54) is 16.3 Å². The number of ether oxygens (including phenoxy) is 1. The van der Waals surface area contributed by atoms with Gasteiger partial charge >= 0.3 is 0 Å². The van der Waals surface area contributed by atoms with Gasteiger partial charge in [-0.25, -0.2) is 0 Å². The van der Waals surface area contributed by atoms with Gasteiger partial charge in [0.15, 0.2) is 0 Å². The number of para-hydroxylation sites is 2. The van der Waals surface area contributed by atoms with Gasteiger partial charge in [-0.2, -0.15) is 0 Å². The number of methoxy groups -OCH3 is 1. The number of aryl methyl sites for hydroxylation is 1. The lowest BCUT2D eigenvalue weighted by Crippen LogP contribution is -2.09. The third-order valence-corrected chi connectivity index (χ3v) is 12.2. The van der Waals surface area contributed by atoms with Gasteiger partial charge in [-0.15, -0.1) is 4.91 Å². The van der Waals surface area contributed by atoms with Crippen molar-refractivity contribution in [2.24, 2.45) is 5.18 Å². The number of hydrogen-bond donors (Lipinski definition) is 0. The Morgan fingerprint density at radius 2 is 1.00 bits per heavy atom. The van der Waals surface area contributed by atoms with Crippen LogP contribution >= 0.6 is 0 Å². The van der Waals surface area contributed by atoms with Crippen LogP contribution in [0.2, 0.25) is 0 Å². The highest BCUT2D eigenvalue weighted by Crippen LogP contribution is 2.43. The van der Waals surface area contributed by atoms with Gasteiger partial charge in [0.25, 0.3) is 0 Å². The number of hydrogen-bond acceptors (Lipinski definition) is 6. The van der Waals surface area contributed by atoms with Crippen LogP contribution in [-0.2, 0) is 6.42 Å². The van der Waals surface area contributed by atoms with Crippen molar-refractivity contribution in [2.75, 3.05) is 16.9 Å². The molecule has 0 bridgehead atoms. The SMILES string of the molecule is CCc1ccc2cc(N(c3ccccc3)c3ccc(-c4cc5cc6oc7cc(N(c8ccccc8)c8ccc9cc(OC)ccc9c8)ccc7c6cc5cc4N=O)cc3)ccc2c1. The second-order valence-corrected chi connectivity index (χ2v) is 15.9. The van der Waals surface area contributed by atoms with Crippen molar-refractivity contribution in [2.45, 2.75) is 13.3 Å². The first-order valence-electron chi connectivity index (χ1n) is 21.2. The molecule has 0 radical (unpaired) electrons. The summed E-state index contributed by atoms with van der Waals surface area (Å²) >= 11 is 0. The first-order valence-corrected chi connectivity index (χ1v) is 21.2. The molecule has 0 aliphatic carbocycles. The van der Waals surface area contributed by atoms with Crippen molar-refractivity contribution in [3.8, 4) is 16.9 Å². The molecule has 0 aliphatic heterocycles. The van der Waals surface area contributed by atoms with Crippen molar-refractivity contribution in [1.29, 1.82) is 0 Å². The predicted octanol–water partition coefficient (Wildman–Crippen LogP) is 16.6. The third kappa shape index (κ3) is 6.88. The molecule has 11 aromatic rings. The average molecular weight is 816 g/mol. The van der Waals surface area contributed by atoms with Crippen LogP contribution < -0.4 is 14.5 Å². The van der Waals surface area contributed by atoms with Gasteiger partial charge in [-0.1, -0.05) is 91.9 Å². The minimum absolute atomic E-state index is 0.387. The molecule has 1 aromatic heterocycles. The fourth-order valence-electron chi connectivity index (χ4n) is 8.95. The van der Waals surface area contributed by atoms with Gasteiger partial charge in [-0.05, 0) is 164 Å². The minimum Gasteiger partial charge on any atom is -0.497 e. The Labute approximate surface area is 364 Å². The van der Waals surface area contributed by atoms with E-state index in [9.17, 15) is 4.91 Å². The van der Waals surface area contributed by atoms with E-state index in [-0.39, 0.29) is 0 Å². The standard InChI is InChI=1S/C57H41N3O3/c1-3-37-14-15-40-29-48(23-18-39(40)28-37)59(45-10-6-4-7-11-45)47-21-16-38(17-22-47)53-32-44-35-56-54(33-43(44)34-55(53)58-61)52-27-25-50(36-57(52)63-56)60(46-12-8-5-9-13-46)49-24-19-42-31-51(62-2)26-20-41(42)30-49/h4-36H,3H2,1-2H3. The average Bonchev–Trinajstić information content (AvgIpc) is 3.69. The molecular formula is C57H41N3O3. The van der Waals surface area contributed by atoms with E-state index in [2.05, 4.69) is 198 Å². The van der Waals surface area contributed by atoms with E-state index in [1.807, 2.05) is 24.3 Å². The zero-order valence-corrected chi connectivity index (χ0v) is 34.8. The molecule has 6 nitrogen and oxygen atoms in total. The second-order valence-electron chi connectivity index (χ2n) is 15.9. The molecule has 10 aromatic carbocycles. The molecule has 0 N–H and O–H groups in total. The van der Waals surface area contributed by atoms with Crippen molar-refractivity contribution >= 4 is 94.1 Å². The van der Waals surface area contributed by atoms with Gasteiger partial charge < -0.3 is 19.0 Å². The van der Waals surface area contributed by atoms with Gasteiger partial charge in [0.05, 0.1) is 7.11 Å². The summed E-state index contributed by atoms with van der Waals surface area (Å²) in [5.74, 6) is 0.830. The fourth-order valence-corrected chi connectivity index (χ4v) is 8.95. The monoisotopic (exact) mass is 815 g/mol. The Balaban J connectivity index is 0.961. The molecule has 0 spiro atoms. The number of furan rings is 1. The summed E-state index contributed by atoms with van der Waals surface area (Å²) in [7, 11) is 1.69. The molecule has 302 valence electrons. The Kier molecular flexibility index (Phi) is 9.39. The van der Waals surface area contributed by atoms with Crippen LogP contribution in [-0.4, -0.2) is 7.11 Å². The smallest absolute Gasteiger partial charge is 0.137 e. The van der Waals surface area contributed by atoms with Crippen LogP contribution in [0.25, 0.3) is 65.4 Å². The lowest BCUT2D eigenvalue weighted by Gasteiger charge is -2.26. The quantitative estimate of drug-likeness (QED) is 0.129. The van der Waals surface area contributed by atoms with Crippen LogP contribution in [0.1, 0.15) is 12.5 Å². The fraction of sp³-hybridized carbons (Fsp3) is 0.0526. The molecule has 1 heterocycles. The first-order chi connectivity index (χ1) is 31.0. The molecule has 0 saturated carbocycles. The van der Waals surface area contributed by atoms with Crippen LogP contribution in [0.15, 0.2) is 210 Å². The molecule has 0 unspecified atom stereocenters. The molecule has 0 saturated heterocycles. The normalized spacial score (nSPS) is 11.5. The van der Waals surface area contributed by atoms with E-state index >= 15 is 0 Å². The van der Waals surface area contributed by atoms with Gasteiger partial charge in [0.1, 0.15) is 22.6 Å². The molecule has 6 heteroatoms. The molecule has 0 fully saturated rings. The van der Waals surface area contributed by atoms with Crippen LogP contribution in [0, 0.1) is 4.91 Å². The van der Waals surface area contributed by atoms with Gasteiger partial charge in [-0.3, -0.25) is 0 Å². The maximum atomic E-state index is 12.5. The number of rotatable bonds is 10. The van der Waals surface area contributed by atoms with Crippen LogP contribution in [0.5, 0.6) is 5.75 Å². The zero-order valence-electron chi connectivity index (χ0n) is 34.8. The first kappa shape index (κ1) is 37.8. The van der Waals surface area contributed by atoms with Crippen molar-refractivity contribution in [1.82, 2.24) is 0 Å².